The van der Waals surface area contributed by atoms with Crippen molar-refractivity contribution in [3.05, 3.63) is 78.0 Å². The third-order valence-electron chi connectivity index (χ3n) is 7.78. The number of fused-ring (bicyclic) bond motifs is 1. The summed E-state index contributed by atoms with van der Waals surface area (Å²) < 4.78 is 0. The molecule has 0 N–H and O–H groups in total. The minimum Gasteiger partial charge on any atom is -0.342 e. The van der Waals surface area contributed by atoms with E-state index in [4.69, 9.17) is 0 Å². The molecule has 0 bridgehead atoms. The van der Waals surface area contributed by atoms with Crippen molar-refractivity contribution in [2.75, 3.05) is 33.2 Å². The Kier molecular flexibility index (Phi) is 6.45. The van der Waals surface area contributed by atoms with Gasteiger partial charge in [-0.25, -0.2) is 0 Å². The SMILES string of the molecule is CN1CCC(Cc2ccccc2)(C(=O)N2CCCC(Cc3ccc4ncccc4c3)C2)CC1. The monoisotopic (exact) mass is 441 g/mol. The number of rotatable bonds is 5. The van der Waals surface area contributed by atoms with Crippen molar-refractivity contribution >= 4 is 16.8 Å². The number of hydrogen-bond donors (Lipinski definition) is 0. The Bertz CT molecular complexity index is 1090. The van der Waals surface area contributed by atoms with E-state index in [9.17, 15) is 4.79 Å². The second kappa shape index (κ2) is 9.64. The van der Waals surface area contributed by atoms with E-state index >= 15 is 0 Å². The van der Waals surface area contributed by atoms with Gasteiger partial charge in [0, 0.05) is 24.7 Å². The largest absolute Gasteiger partial charge is 0.342 e. The maximum atomic E-state index is 14.1. The van der Waals surface area contributed by atoms with Crippen molar-refractivity contribution in [3.63, 3.8) is 0 Å². The fourth-order valence-corrected chi connectivity index (χ4v) is 5.84. The zero-order chi connectivity index (χ0) is 22.7. The highest BCUT2D eigenvalue weighted by Crippen LogP contribution is 2.38. The Hall–Kier alpha value is -2.72. The highest BCUT2D eigenvalue weighted by atomic mass is 16.2. The number of pyridine rings is 1. The predicted octanol–water partition coefficient (Wildman–Crippen LogP) is 4.97. The first-order chi connectivity index (χ1) is 16.1. The van der Waals surface area contributed by atoms with Gasteiger partial charge in [-0.05, 0) is 93.9 Å². The Morgan fingerprint density at radius 2 is 1.82 bits per heavy atom. The van der Waals surface area contributed by atoms with Crippen molar-refractivity contribution < 1.29 is 4.79 Å². The van der Waals surface area contributed by atoms with E-state index in [1.54, 1.807) is 0 Å². The summed E-state index contributed by atoms with van der Waals surface area (Å²) in [5.41, 5.74) is 3.43. The van der Waals surface area contributed by atoms with Crippen LogP contribution in [0.2, 0.25) is 0 Å². The predicted molar refractivity (Wildman–Crippen MR) is 134 cm³/mol. The average Bonchev–Trinajstić information content (AvgIpc) is 2.86. The van der Waals surface area contributed by atoms with Gasteiger partial charge >= 0.3 is 0 Å². The number of likely N-dealkylation sites (tertiary alicyclic amines) is 2. The van der Waals surface area contributed by atoms with Gasteiger partial charge in [0.25, 0.3) is 0 Å². The van der Waals surface area contributed by atoms with E-state index < -0.39 is 0 Å². The van der Waals surface area contributed by atoms with Crippen molar-refractivity contribution in [1.82, 2.24) is 14.8 Å². The van der Waals surface area contributed by atoms with Crippen molar-refractivity contribution in [2.45, 2.75) is 38.5 Å². The summed E-state index contributed by atoms with van der Waals surface area (Å²) in [5, 5.41) is 1.20. The molecule has 1 aromatic heterocycles. The molecule has 4 heteroatoms. The van der Waals surface area contributed by atoms with Crippen LogP contribution in [0.3, 0.4) is 0 Å². The smallest absolute Gasteiger partial charge is 0.229 e. The maximum Gasteiger partial charge on any atom is 0.229 e. The van der Waals surface area contributed by atoms with Crippen LogP contribution < -0.4 is 0 Å². The summed E-state index contributed by atoms with van der Waals surface area (Å²) in [6, 6.07) is 21.4. The van der Waals surface area contributed by atoms with Crippen LogP contribution in [0.15, 0.2) is 66.9 Å². The van der Waals surface area contributed by atoms with Crippen LogP contribution in [0.25, 0.3) is 10.9 Å². The van der Waals surface area contributed by atoms with E-state index in [0.29, 0.717) is 11.8 Å². The molecule has 33 heavy (non-hydrogen) atoms. The third kappa shape index (κ3) is 4.96. The lowest BCUT2D eigenvalue weighted by atomic mass is 9.72. The summed E-state index contributed by atoms with van der Waals surface area (Å²) in [6.45, 7) is 3.79. The highest BCUT2D eigenvalue weighted by Gasteiger charge is 2.44. The molecule has 4 nitrogen and oxygen atoms in total. The molecule has 0 spiro atoms. The van der Waals surface area contributed by atoms with Gasteiger partial charge in [0.15, 0.2) is 0 Å². The molecule has 2 aliphatic heterocycles. The van der Waals surface area contributed by atoms with Gasteiger partial charge in [0.1, 0.15) is 0 Å². The van der Waals surface area contributed by atoms with Crippen molar-refractivity contribution in [1.29, 1.82) is 0 Å². The number of benzene rings is 2. The molecule has 0 saturated carbocycles. The first-order valence-electron chi connectivity index (χ1n) is 12.5. The Morgan fingerprint density at radius 3 is 2.64 bits per heavy atom. The van der Waals surface area contributed by atoms with Gasteiger partial charge in [-0.15, -0.1) is 0 Å². The lowest BCUT2D eigenvalue weighted by Crippen LogP contribution is -2.53. The van der Waals surface area contributed by atoms with Gasteiger partial charge in [0.05, 0.1) is 10.9 Å². The Balaban J connectivity index is 1.31. The molecular weight excluding hydrogens is 406 g/mol. The van der Waals surface area contributed by atoms with E-state index in [1.165, 1.54) is 22.9 Å². The van der Waals surface area contributed by atoms with Gasteiger partial charge in [-0.1, -0.05) is 42.5 Å². The lowest BCUT2D eigenvalue weighted by Gasteiger charge is -2.44. The van der Waals surface area contributed by atoms with Crippen LogP contribution in [0.5, 0.6) is 0 Å². The summed E-state index contributed by atoms with van der Waals surface area (Å²) in [6.07, 6.45) is 7.95. The molecule has 2 saturated heterocycles. The van der Waals surface area contributed by atoms with Crippen LogP contribution >= 0.6 is 0 Å². The molecule has 3 heterocycles. The first kappa shape index (κ1) is 22.1. The summed E-state index contributed by atoms with van der Waals surface area (Å²) in [5.74, 6) is 0.920. The number of hydrogen-bond acceptors (Lipinski definition) is 3. The minimum absolute atomic E-state index is 0.260. The molecule has 2 aliphatic rings. The van der Waals surface area contributed by atoms with E-state index in [0.717, 1.165) is 63.8 Å². The number of amides is 1. The van der Waals surface area contributed by atoms with Crippen LogP contribution in [0.1, 0.15) is 36.8 Å². The van der Waals surface area contributed by atoms with Crippen LogP contribution in [-0.2, 0) is 17.6 Å². The molecule has 2 fully saturated rings. The number of piperidine rings is 2. The van der Waals surface area contributed by atoms with Crippen molar-refractivity contribution in [3.8, 4) is 0 Å². The van der Waals surface area contributed by atoms with Gasteiger partial charge in [0.2, 0.25) is 5.91 Å². The normalized spacial score (nSPS) is 21.2. The molecule has 2 aromatic carbocycles. The second-order valence-corrected chi connectivity index (χ2v) is 10.2. The molecule has 1 atom stereocenters. The van der Waals surface area contributed by atoms with Crippen LogP contribution in [0.4, 0.5) is 0 Å². The molecule has 3 aromatic rings. The second-order valence-electron chi connectivity index (χ2n) is 10.2. The zero-order valence-corrected chi connectivity index (χ0v) is 19.7. The molecule has 1 unspecified atom stereocenters. The van der Waals surface area contributed by atoms with Crippen LogP contribution in [-0.4, -0.2) is 53.9 Å². The maximum absolute atomic E-state index is 14.1. The van der Waals surface area contributed by atoms with Gasteiger partial charge in [-0.2, -0.15) is 0 Å². The summed E-state index contributed by atoms with van der Waals surface area (Å²) in [4.78, 5) is 23.1. The fraction of sp³-hybridized carbons (Fsp3) is 0.448. The lowest BCUT2D eigenvalue weighted by molar-refractivity contribution is -0.147. The molecule has 172 valence electrons. The first-order valence-corrected chi connectivity index (χ1v) is 12.5. The number of nitrogens with zero attached hydrogens (tertiary/aromatic N) is 3. The summed E-state index contributed by atoms with van der Waals surface area (Å²) in [7, 11) is 2.17. The Morgan fingerprint density at radius 1 is 1.00 bits per heavy atom. The fourth-order valence-electron chi connectivity index (χ4n) is 5.84. The van der Waals surface area contributed by atoms with Crippen LogP contribution in [0, 0.1) is 11.3 Å². The van der Waals surface area contributed by atoms with E-state index in [-0.39, 0.29) is 5.41 Å². The van der Waals surface area contributed by atoms with Gasteiger partial charge in [-0.3, -0.25) is 9.78 Å². The number of carbonyl (C=O) groups is 1. The molecule has 0 radical (unpaired) electrons. The third-order valence-corrected chi connectivity index (χ3v) is 7.78. The minimum atomic E-state index is -0.260. The number of carbonyl (C=O) groups excluding carboxylic acids is 1. The number of aromatic nitrogens is 1. The Labute approximate surface area is 197 Å². The average molecular weight is 442 g/mol. The van der Waals surface area contributed by atoms with E-state index in [2.05, 4.69) is 76.4 Å². The molecule has 0 aliphatic carbocycles. The molecule has 1 amide bonds. The topological polar surface area (TPSA) is 36.4 Å². The zero-order valence-electron chi connectivity index (χ0n) is 19.7. The molecular formula is C29H35N3O. The summed E-state index contributed by atoms with van der Waals surface area (Å²) >= 11 is 0. The van der Waals surface area contributed by atoms with E-state index in [1.807, 2.05) is 12.3 Å². The van der Waals surface area contributed by atoms with Crippen molar-refractivity contribution in [2.24, 2.45) is 11.3 Å². The molecule has 5 rings (SSSR count). The standard InChI is InChI=1S/C29H35N3O/c1-31-17-13-29(14-18-31,21-23-7-3-2-4-8-23)28(33)32-16-6-9-25(22-32)19-24-11-12-27-26(20-24)10-5-15-30-27/h2-5,7-8,10-12,15,20,25H,6,9,13-14,16-19,21-22H2,1H3. The quantitative estimate of drug-likeness (QED) is 0.561. The van der Waals surface area contributed by atoms with Gasteiger partial charge < -0.3 is 9.80 Å². The highest BCUT2D eigenvalue weighted by molar-refractivity contribution is 5.83.